The minimum Gasteiger partial charge on any atom is -0.465 e. The van der Waals surface area contributed by atoms with Crippen molar-refractivity contribution < 1.29 is 13.9 Å². The Labute approximate surface area is 142 Å². The van der Waals surface area contributed by atoms with E-state index in [2.05, 4.69) is 10.2 Å². The second kappa shape index (κ2) is 6.20. The Hall–Kier alpha value is -2.47. The molecule has 1 aromatic heterocycles. The van der Waals surface area contributed by atoms with Crippen molar-refractivity contribution >= 4 is 28.5 Å². The van der Waals surface area contributed by atoms with Gasteiger partial charge in [-0.05, 0) is 24.3 Å². The number of hydrogen-bond acceptors (Lipinski definition) is 5. The molecule has 0 unspecified atom stereocenters. The zero-order chi connectivity index (χ0) is 16.5. The van der Waals surface area contributed by atoms with Gasteiger partial charge in [0.05, 0.1) is 6.61 Å². The van der Waals surface area contributed by atoms with E-state index in [4.69, 9.17) is 4.74 Å². The van der Waals surface area contributed by atoms with E-state index in [1.165, 1.54) is 23.9 Å². The summed E-state index contributed by atoms with van der Waals surface area (Å²) >= 11 is 1.39. The Morgan fingerprint density at radius 1 is 1.04 bits per heavy atom. The third-order valence-corrected chi connectivity index (χ3v) is 5.15. The fraction of sp³-hybridized carbons (Fsp3) is 0.167. The van der Waals surface area contributed by atoms with Gasteiger partial charge in [0.15, 0.2) is 0 Å². The number of hydrogen-bond donors (Lipinski definition) is 0. The molecular formula is C18H13FN2O2S. The minimum atomic E-state index is -0.289. The number of fused-ring (bicyclic) bond motifs is 1. The summed E-state index contributed by atoms with van der Waals surface area (Å²) in [5.74, 6) is -0.489. The zero-order valence-electron chi connectivity index (χ0n) is 12.6. The highest BCUT2D eigenvalue weighted by Crippen LogP contribution is 2.35. The molecule has 1 aliphatic rings. The number of cyclic esters (lactones) is 1. The average Bonchev–Trinajstić information content (AvgIpc) is 3.01. The molecule has 1 aliphatic heterocycles. The minimum absolute atomic E-state index is 0.200. The smallest absolute Gasteiger partial charge is 0.319 e. The van der Waals surface area contributed by atoms with Gasteiger partial charge in [-0.3, -0.25) is 4.79 Å². The number of benzene rings is 2. The number of halogens is 1. The fourth-order valence-corrected chi connectivity index (χ4v) is 3.75. The molecule has 4 rings (SSSR count). The number of carbonyl (C=O) groups is 1. The summed E-state index contributed by atoms with van der Waals surface area (Å²) in [6.07, 6.45) is 0.680. The monoisotopic (exact) mass is 340 g/mol. The standard InChI is InChI=1S/C18H13FN2O2S/c19-12-7-5-11(6-8-12)16-13-3-1-2-4-14(13)17(21-20-16)24-15-9-10-23-18(15)22/h1-8,15H,9-10H2/t15-/m1/s1. The summed E-state index contributed by atoms with van der Waals surface area (Å²) in [7, 11) is 0. The van der Waals surface area contributed by atoms with Gasteiger partial charge in [0, 0.05) is 22.8 Å². The van der Waals surface area contributed by atoms with Crippen molar-refractivity contribution in [3.8, 4) is 11.3 Å². The van der Waals surface area contributed by atoms with E-state index < -0.39 is 0 Å². The molecule has 24 heavy (non-hydrogen) atoms. The molecule has 0 saturated carbocycles. The van der Waals surface area contributed by atoms with Crippen LogP contribution in [0.15, 0.2) is 53.6 Å². The lowest BCUT2D eigenvalue weighted by atomic mass is 10.1. The van der Waals surface area contributed by atoms with E-state index in [1.807, 2.05) is 24.3 Å². The summed E-state index contributed by atoms with van der Waals surface area (Å²) in [5.41, 5.74) is 1.50. The molecule has 1 saturated heterocycles. The molecule has 1 atom stereocenters. The van der Waals surface area contributed by atoms with Gasteiger partial charge in [0.2, 0.25) is 0 Å². The van der Waals surface area contributed by atoms with Crippen molar-refractivity contribution in [3.05, 3.63) is 54.3 Å². The molecule has 0 amide bonds. The number of aromatic nitrogens is 2. The predicted molar refractivity (Wildman–Crippen MR) is 90.2 cm³/mol. The van der Waals surface area contributed by atoms with Crippen LogP contribution in [0, 0.1) is 5.82 Å². The van der Waals surface area contributed by atoms with E-state index in [0.717, 1.165) is 16.3 Å². The zero-order valence-corrected chi connectivity index (χ0v) is 13.4. The van der Waals surface area contributed by atoms with Gasteiger partial charge in [-0.1, -0.05) is 36.0 Å². The van der Waals surface area contributed by atoms with Gasteiger partial charge in [0.1, 0.15) is 21.8 Å². The number of ether oxygens (including phenoxy) is 1. The van der Waals surface area contributed by atoms with Crippen LogP contribution in [0.2, 0.25) is 0 Å². The van der Waals surface area contributed by atoms with Crippen LogP contribution < -0.4 is 0 Å². The van der Waals surface area contributed by atoms with Crippen LogP contribution in [0.4, 0.5) is 4.39 Å². The van der Waals surface area contributed by atoms with Crippen LogP contribution in [0.1, 0.15) is 6.42 Å². The third kappa shape index (κ3) is 2.73. The Kier molecular flexibility index (Phi) is 3.90. The first-order valence-corrected chi connectivity index (χ1v) is 8.45. The maximum atomic E-state index is 13.2. The topological polar surface area (TPSA) is 52.1 Å². The molecule has 2 aromatic carbocycles. The average molecular weight is 340 g/mol. The van der Waals surface area contributed by atoms with Gasteiger partial charge in [-0.2, -0.15) is 0 Å². The van der Waals surface area contributed by atoms with Crippen LogP contribution in [-0.4, -0.2) is 28.0 Å². The highest BCUT2D eigenvalue weighted by atomic mass is 32.2. The quantitative estimate of drug-likeness (QED) is 0.678. The lowest BCUT2D eigenvalue weighted by Crippen LogP contribution is -2.10. The first-order chi connectivity index (χ1) is 11.7. The Balaban J connectivity index is 1.79. The Bertz CT molecular complexity index is 915. The second-order valence-corrected chi connectivity index (χ2v) is 6.66. The van der Waals surface area contributed by atoms with Crippen LogP contribution in [0.25, 0.3) is 22.0 Å². The molecule has 3 aromatic rings. The molecule has 0 aliphatic carbocycles. The Morgan fingerprint density at radius 3 is 2.50 bits per heavy atom. The van der Waals surface area contributed by atoms with Crippen molar-refractivity contribution in [2.45, 2.75) is 16.7 Å². The van der Waals surface area contributed by atoms with Crippen LogP contribution in [0.3, 0.4) is 0 Å². The number of rotatable bonds is 3. The summed E-state index contributed by atoms with van der Waals surface area (Å²) in [4.78, 5) is 11.7. The van der Waals surface area contributed by atoms with E-state index in [0.29, 0.717) is 23.7 Å². The predicted octanol–water partition coefficient (Wildman–Crippen LogP) is 3.84. The normalized spacial score (nSPS) is 17.2. The SMILES string of the molecule is O=C1OCC[C@H]1Sc1nnc(-c2ccc(F)cc2)c2ccccc12. The summed E-state index contributed by atoms with van der Waals surface area (Å²) in [6.45, 7) is 0.454. The lowest BCUT2D eigenvalue weighted by molar-refractivity contribution is -0.137. The van der Waals surface area contributed by atoms with Crippen LogP contribution >= 0.6 is 11.8 Å². The third-order valence-electron chi connectivity index (χ3n) is 3.91. The van der Waals surface area contributed by atoms with Crippen molar-refractivity contribution in [1.29, 1.82) is 0 Å². The van der Waals surface area contributed by atoms with E-state index in [-0.39, 0.29) is 17.0 Å². The second-order valence-electron chi connectivity index (χ2n) is 5.47. The highest BCUT2D eigenvalue weighted by molar-refractivity contribution is 8.00. The molecule has 1 fully saturated rings. The van der Waals surface area contributed by atoms with Crippen molar-refractivity contribution in [2.75, 3.05) is 6.61 Å². The lowest BCUT2D eigenvalue weighted by Gasteiger charge is -2.10. The number of nitrogens with zero attached hydrogens (tertiary/aromatic N) is 2. The molecule has 0 N–H and O–H groups in total. The van der Waals surface area contributed by atoms with Gasteiger partial charge >= 0.3 is 5.97 Å². The molecule has 2 heterocycles. The summed E-state index contributed by atoms with van der Waals surface area (Å²) in [5, 5.41) is 11.0. The van der Waals surface area contributed by atoms with Crippen LogP contribution in [0.5, 0.6) is 0 Å². The van der Waals surface area contributed by atoms with Crippen molar-refractivity contribution in [3.63, 3.8) is 0 Å². The first kappa shape index (κ1) is 15.1. The maximum Gasteiger partial charge on any atom is 0.319 e. The first-order valence-electron chi connectivity index (χ1n) is 7.57. The van der Waals surface area contributed by atoms with Gasteiger partial charge in [0.25, 0.3) is 0 Å². The van der Waals surface area contributed by atoms with Crippen molar-refractivity contribution in [1.82, 2.24) is 10.2 Å². The fourth-order valence-electron chi connectivity index (χ4n) is 2.71. The molecule has 4 nitrogen and oxygen atoms in total. The Morgan fingerprint density at radius 2 is 1.79 bits per heavy atom. The highest BCUT2D eigenvalue weighted by Gasteiger charge is 2.29. The van der Waals surface area contributed by atoms with Gasteiger partial charge < -0.3 is 4.74 Å². The van der Waals surface area contributed by atoms with E-state index in [9.17, 15) is 9.18 Å². The van der Waals surface area contributed by atoms with E-state index >= 15 is 0 Å². The van der Waals surface area contributed by atoms with Crippen molar-refractivity contribution in [2.24, 2.45) is 0 Å². The molecule has 0 bridgehead atoms. The van der Waals surface area contributed by atoms with Gasteiger partial charge in [-0.25, -0.2) is 4.39 Å². The summed E-state index contributed by atoms with van der Waals surface area (Å²) in [6, 6.07) is 14.0. The molecule has 120 valence electrons. The van der Waals surface area contributed by atoms with Gasteiger partial charge in [-0.15, -0.1) is 10.2 Å². The summed E-state index contributed by atoms with van der Waals surface area (Å²) < 4.78 is 18.2. The number of esters is 1. The number of carbonyl (C=O) groups excluding carboxylic acids is 1. The number of thioether (sulfide) groups is 1. The van der Waals surface area contributed by atoms with Crippen LogP contribution in [-0.2, 0) is 9.53 Å². The molecule has 6 heteroatoms. The molecule has 0 radical (unpaired) electrons. The maximum absolute atomic E-state index is 13.2. The molecular weight excluding hydrogens is 327 g/mol. The van der Waals surface area contributed by atoms with E-state index in [1.54, 1.807) is 12.1 Å². The largest absolute Gasteiger partial charge is 0.465 e. The molecule has 0 spiro atoms.